The molecule has 6 N–H and O–H groups in total. The van der Waals surface area contributed by atoms with E-state index in [1.807, 2.05) is 29.2 Å². The standard InChI is InChI=1S/C31H43FN8O3.ClH/c32-26-10-6-25(7-11-26)22-36-30-37-29(35-21-24-4-2-1-3-5-24)38-31(39-30)40(15-17-43-19-18-42-16-14-33)27-12-8-23(9-13-27)20-28(34)41;/h6-13,24H,1-5,14-22,33H2,(H2,34,41)(H2,35,36,37,38,39);1H. The van der Waals surface area contributed by atoms with Crippen LogP contribution in [0.2, 0.25) is 0 Å². The van der Waals surface area contributed by atoms with Crippen molar-refractivity contribution in [3.8, 4) is 0 Å². The van der Waals surface area contributed by atoms with E-state index in [0.717, 1.165) is 23.4 Å². The largest absolute Gasteiger partial charge is 0.378 e. The molecule has 0 unspecified atom stereocenters. The number of nitrogens with two attached hydrogens (primary N) is 2. The van der Waals surface area contributed by atoms with E-state index in [4.69, 9.17) is 30.9 Å². The van der Waals surface area contributed by atoms with Gasteiger partial charge in [0.05, 0.1) is 32.8 Å². The number of rotatable bonds is 18. The average Bonchev–Trinajstić information content (AvgIpc) is 3.02. The summed E-state index contributed by atoms with van der Waals surface area (Å²) < 4.78 is 24.7. The van der Waals surface area contributed by atoms with Crippen LogP contribution in [-0.4, -0.2) is 66.9 Å². The van der Waals surface area contributed by atoms with Gasteiger partial charge in [-0.15, -0.1) is 12.4 Å². The number of hydrogen-bond donors (Lipinski definition) is 4. The van der Waals surface area contributed by atoms with Gasteiger partial charge in [0.15, 0.2) is 0 Å². The van der Waals surface area contributed by atoms with Gasteiger partial charge in [-0.1, -0.05) is 43.5 Å². The molecule has 1 aliphatic rings. The molecule has 0 atom stereocenters. The minimum atomic E-state index is -0.391. The van der Waals surface area contributed by atoms with Crippen molar-refractivity contribution >= 4 is 41.8 Å². The molecule has 0 saturated heterocycles. The van der Waals surface area contributed by atoms with Crippen molar-refractivity contribution < 1.29 is 18.7 Å². The molecule has 240 valence electrons. The number of hydrogen-bond acceptors (Lipinski definition) is 10. The zero-order valence-corrected chi connectivity index (χ0v) is 25.9. The molecule has 1 fully saturated rings. The topological polar surface area (TPSA) is 154 Å². The third-order valence-corrected chi connectivity index (χ3v) is 7.22. The summed E-state index contributed by atoms with van der Waals surface area (Å²) in [5.74, 6) is 1.21. The lowest BCUT2D eigenvalue weighted by molar-refractivity contribution is -0.117. The smallest absolute Gasteiger partial charge is 0.236 e. The highest BCUT2D eigenvalue weighted by Crippen LogP contribution is 2.26. The number of amides is 1. The van der Waals surface area contributed by atoms with Crippen LogP contribution < -0.4 is 27.0 Å². The van der Waals surface area contributed by atoms with Gasteiger partial charge in [-0.05, 0) is 54.2 Å². The number of ether oxygens (including phenoxy) is 2. The van der Waals surface area contributed by atoms with Crippen LogP contribution in [0, 0.1) is 11.7 Å². The van der Waals surface area contributed by atoms with Crippen LogP contribution in [-0.2, 0) is 27.2 Å². The Hall–Kier alpha value is -3.58. The summed E-state index contributed by atoms with van der Waals surface area (Å²) in [6.07, 6.45) is 6.32. The molecule has 0 radical (unpaired) electrons. The Morgan fingerprint density at radius 3 is 2.16 bits per heavy atom. The normalized spacial score (nSPS) is 13.2. The summed E-state index contributed by atoms with van der Waals surface area (Å²) in [4.78, 5) is 27.6. The van der Waals surface area contributed by atoms with E-state index < -0.39 is 5.91 Å². The van der Waals surface area contributed by atoms with Crippen LogP contribution in [0.4, 0.5) is 27.9 Å². The first-order valence-electron chi connectivity index (χ1n) is 15.0. The summed E-state index contributed by atoms with van der Waals surface area (Å²) >= 11 is 0. The minimum absolute atomic E-state index is 0. The van der Waals surface area contributed by atoms with Crippen molar-refractivity contribution in [1.29, 1.82) is 0 Å². The third kappa shape index (κ3) is 11.8. The summed E-state index contributed by atoms with van der Waals surface area (Å²) in [5.41, 5.74) is 13.4. The molecule has 1 aromatic heterocycles. The Morgan fingerprint density at radius 1 is 0.864 bits per heavy atom. The fraction of sp³-hybridized carbons (Fsp3) is 0.484. The van der Waals surface area contributed by atoms with E-state index in [1.54, 1.807) is 12.1 Å². The SMILES string of the molecule is Cl.NCCOCCOCCN(c1ccc(CC(N)=O)cc1)c1nc(NCc2ccc(F)cc2)nc(NCC2CCCCC2)n1. The number of benzene rings is 2. The highest BCUT2D eigenvalue weighted by molar-refractivity contribution is 5.85. The molecule has 1 aliphatic carbocycles. The van der Waals surface area contributed by atoms with Crippen molar-refractivity contribution in [2.45, 2.75) is 45.1 Å². The quantitative estimate of drug-likeness (QED) is 0.150. The van der Waals surface area contributed by atoms with Gasteiger partial charge in [0.2, 0.25) is 23.8 Å². The molecule has 2 aromatic carbocycles. The lowest BCUT2D eigenvalue weighted by Crippen LogP contribution is -2.27. The molecule has 0 spiro atoms. The van der Waals surface area contributed by atoms with E-state index in [-0.39, 0.29) is 24.6 Å². The Bertz CT molecular complexity index is 1260. The Balaban J connectivity index is 0.00000529. The van der Waals surface area contributed by atoms with Crippen molar-refractivity contribution in [2.24, 2.45) is 17.4 Å². The molecule has 1 saturated carbocycles. The summed E-state index contributed by atoms with van der Waals surface area (Å²) in [7, 11) is 0. The molecule has 1 heterocycles. The maximum Gasteiger partial charge on any atom is 0.236 e. The summed E-state index contributed by atoms with van der Waals surface area (Å²) in [6.45, 7) is 3.89. The van der Waals surface area contributed by atoms with Crippen LogP contribution in [0.1, 0.15) is 43.2 Å². The lowest BCUT2D eigenvalue weighted by atomic mass is 9.89. The second kappa shape index (κ2) is 18.9. The average molecular weight is 631 g/mol. The zero-order chi connectivity index (χ0) is 30.3. The highest BCUT2D eigenvalue weighted by atomic mass is 35.5. The van der Waals surface area contributed by atoms with E-state index in [0.29, 0.717) is 69.8 Å². The molecular weight excluding hydrogens is 587 g/mol. The number of carbonyl (C=O) groups is 1. The van der Waals surface area contributed by atoms with E-state index in [1.165, 1.54) is 44.2 Å². The number of halogens is 2. The third-order valence-electron chi connectivity index (χ3n) is 7.22. The summed E-state index contributed by atoms with van der Waals surface area (Å²) in [6, 6.07) is 13.9. The van der Waals surface area contributed by atoms with Gasteiger partial charge in [-0.3, -0.25) is 4.79 Å². The molecule has 11 nitrogen and oxygen atoms in total. The highest BCUT2D eigenvalue weighted by Gasteiger charge is 2.18. The van der Waals surface area contributed by atoms with E-state index in [9.17, 15) is 9.18 Å². The van der Waals surface area contributed by atoms with E-state index in [2.05, 4.69) is 15.6 Å². The molecule has 4 rings (SSSR count). The van der Waals surface area contributed by atoms with Gasteiger partial charge in [0.25, 0.3) is 0 Å². The maximum absolute atomic E-state index is 13.4. The number of carbonyl (C=O) groups excluding carboxylic acids is 1. The van der Waals surface area contributed by atoms with Crippen LogP contribution in [0.25, 0.3) is 0 Å². The number of primary amides is 1. The molecule has 44 heavy (non-hydrogen) atoms. The van der Waals surface area contributed by atoms with Crippen molar-refractivity contribution in [3.63, 3.8) is 0 Å². The van der Waals surface area contributed by atoms with Gasteiger partial charge in [0, 0.05) is 31.9 Å². The first-order chi connectivity index (χ1) is 21.0. The van der Waals surface area contributed by atoms with Crippen molar-refractivity contribution in [3.05, 3.63) is 65.5 Å². The molecule has 0 aliphatic heterocycles. The predicted molar refractivity (Wildman–Crippen MR) is 173 cm³/mol. The monoisotopic (exact) mass is 630 g/mol. The van der Waals surface area contributed by atoms with Crippen molar-refractivity contribution in [2.75, 3.05) is 61.6 Å². The Kier molecular flexibility index (Phi) is 15.0. The molecule has 1 amide bonds. The van der Waals surface area contributed by atoms with Crippen LogP contribution >= 0.6 is 12.4 Å². The number of anilines is 4. The Labute approximate surface area is 264 Å². The number of aromatic nitrogens is 3. The first-order valence-corrected chi connectivity index (χ1v) is 15.0. The van der Waals surface area contributed by atoms with Gasteiger partial charge in [-0.25, -0.2) is 4.39 Å². The first kappa shape index (κ1) is 34.9. The van der Waals surface area contributed by atoms with Crippen LogP contribution in [0.3, 0.4) is 0 Å². The number of nitrogens with one attached hydrogen (secondary N) is 2. The van der Waals surface area contributed by atoms with Gasteiger partial charge < -0.3 is 36.5 Å². The fourth-order valence-corrected chi connectivity index (χ4v) is 4.95. The van der Waals surface area contributed by atoms with Gasteiger partial charge in [0.1, 0.15) is 5.82 Å². The number of nitrogens with zero attached hydrogens (tertiary/aromatic N) is 4. The predicted octanol–water partition coefficient (Wildman–Crippen LogP) is 4.19. The zero-order valence-electron chi connectivity index (χ0n) is 25.1. The second-order valence-corrected chi connectivity index (χ2v) is 10.6. The van der Waals surface area contributed by atoms with Crippen LogP contribution in [0.5, 0.6) is 0 Å². The Morgan fingerprint density at radius 2 is 1.50 bits per heavy atom. The van der Waals surface area contributed by atoms with Gasteiger partial charge >= 0.3 is 0 Å². The fourth-order valence-electron chi connectivity index (χ4n) is 4.95. The molecule has 3 aromatic rings. The lowest BCUT2D eigenvalue weighted by Gasteiger charge is -2.25. The van der Waals surface area contributed by atoms with Gasteiger partial charge in [-0.2, -0.15) is 15.0 Å². The van der Waals surface area contributed by atoms with Crippen LogP contribution in [0.15, 0.2) is 48.5 Å². The summed E-state index contributed by atoms with van der Waals surface area (Å²) in [5, 5.41) is 6.72. The maximum atomic E-state index is 13.4. The molecule has 13 heteroatoms. The second-order valence-electron chi connectivity index (χ2n) is 10.6. The minimum Gasteiger partial charge on any atom is -0.378 e. The molecular formula is C31H44ClFN8O3. The molecule has 0 bridgehead atoms. The van der Waals surface area contributed by atoms with Crippen molar-refractivity contribution in [1.82, 2.24) is 15.0 Å². The van der Waals surface area contributed by atoms with E-state index >= 15 is 0 Å².